The number of carbonyl (C=O) groups is 1. The summed E-state index contributed by atoms with van der Waals surface area (Å²) in [5.41, 5.74) is 0.881. The Bertz CT molecular complexity index is 410. The van der Waals surface area contributed by atoms with Crippen LogP contribution in [0.15, 0.2) is 29.2 Å². The van der Waals surface area contributed by atoms with E-state index < -0.39 is 0 Å². The number of carbonyl (C=O) groups excluding carboxylic acids is 1. The average molecular weight is 301 g/mol. The molecule has 1 aromatic carbocycles. The maximum Gasteiger partial charge on any atom is 0.238 e. The minimum Gasteiger partial charge on any atom is -0.325 e. The van der Waals surface area contributed by atoms with E-state index in [0.717, 1.165) is 23.9 Å². The third-order valence-corrected chi connectivity index (χ3v) is 3.72. The van der Waals surface area contributed by atoms with E-state index in [9.17, 15) is 4.79 Å². The van der Waals surface area contributed by atoms with E-state index in [1.807, 2.05) is 18.2 Å². The molecule has 1 amide bonds. The molecule has 1 saturated carbocycles. The number of benzene rings is 1. The van der Waals surface area contributed by atoms with Crippen LogP contribution in [0.3, 0.4) is 0 Å². The van der Waals surface area contributed by atoms with Crippen molar-refractivity contribution in [1.82, 2.24) is 5.32 Å². The zero-order valence-electron chi connectivity index (χ0n) is 11.1. The summed E-state index contributed by atoms with van der Waals surface area (Å²) in [5.74, 6) is 1.89. The molecule has 0 radical (unpaired) electrons. The number of amides is 1. The number of thioether (sulfide) groups is 1. The van der Waals surface area contributed by atoms with Crippen LogP contribution in [0.25, 0.3) is 0 Å². The number of nitrogens with one attached hydrogen (secondary N) is 2. The third-order valence-electron chi connectivity index (χ3n) is 2.84. The Kier molecular flexibility index (Phi) is 7.28. The maximum atomic E-state index is 11.7. The van der Waals surface area contributed by atoms with Crippen LogP contribution in [0.4, 0.5) is 5.69 Å². The van der Waals surface area contributed by atoms with Crippen molar-refractivity contribution in [2.24, 2.45) is 5.92 Å². The first-order chi connectivity index (χ1) is 8.78. The minimum atomic E-state index is 0. The molecule has 0 aliphatic heterocycles. The molecule has 0 unspecified atom stereocenters. The van der Waals surface area contributed by atoms with Gasteiger partial charge in [-0.05, 0) is 49.3 Å². The quantitative estimate of drug-likeness (QED) is 0.760. The van der Waals surface area contributed by atoms with Gasteiger partial charge in [-0.3, -0.25) is 4.79 Å². The molecule has 1 fully saturated rings. The highest BCUT2D eigenvalue weighted by Crippen LogP contribution is 2.27. The lowest BCUT2D eigenvalue weighted by molar-refractivity contribution is -0.115. The Morgan fingerprint density at radius 1 is 1.42 bits per heavy atom. The summed E-state index contributed by atoms with van der Waals surface area (Å²) in [6.45, 7) is 3.50. The Labute approximate surface area is 125 Å². The van der Waals surface area contributed by atoms with Crippen LogP contribution < -0.4 is 10.6 Å². The Balaban J connectivity index is 0.00000180. The summed E-state index contributed by atoms with van der Waals surface area (Å²) >= 11 is 1.78. The summed E-state index contributed by atoms with van der Waals surface area (Å²) in [6.07, 6.45) is 2.62. The number of halogens is 1. The van der Waals surface area contributed by atoms with E-state index in [2.05, 4.69) is 23.6 Å². The Morgan fingerprint density at radius 3 is 2.89 bits per heavy atom. The average Bonchev–Trinajstić information content (AvgIpc) is 3.14. The van der Waals surface area contributed by atoms with Gasteiger partial charge in [0.1, 0.15) is 0 Å². The first-order valence-electron chi connectivity index (χ1n) is 6.51. The van der Waals surface area contributed by atoms with Gasteiger partial charge < -0.3 is 10.6 Å². The molecule has 2 rings (SSSR count). The molecule has 0 heterocycles. The van der Waals surface area contributed by atoms with Crippen LogP contribution >= 0.6 is 24.2 Å². The maximum absolute atomic E-state index is 11.7. The van der Waals surface area contributed by atoms with E-state index in [4.69, 9.17) is 0 Å². The highest BCUT2D eigenvalue weighted by Gasteiger charge is 2.20. The Morgan fingerprint density at radius 2 is 2.21 bits per heavy atom. The SMILES string of the molecule is CCSc1cccc(NC(=O)CNCC2CC2)c1.Cl. The van der Waals surface area contributed by atoms with Gasteiger partial charge in [-0.2, -0.15) is 0 Å². The van der Waals surface area contributed by atoms with Crippen molar-refractivity contribution in [3.05, 3.63) is 24.3 Å². The number of rotatable bonds is 7. The molecule has 0 bridgehead atoms. The molecule has 0 spiro atoms. The predicted molar refractivity (Wildman–Crippen MR) is 84.3 cm³/mol. The van der Waals surface area contributed by atoms with Gasteiger partial charge in [-0.25, -0.2) is 0 Å². The predicted octanol–water partition coefficient (Wildman–Crippen LogP) is 3.16. The lowest BCUT2D eigenvalue weighted by Crippen LogP contribution is -2.29. The molecule has 0 aromatic heterocycles. The minimum absolute atomic E-state index is 0. The summed E-state index contributed by atoms with van der Waals surface area (Å²) in [5, 5.41) is 6.11. The van der Waals surface area contributed by atoms with E-state index in [1.165, 1.54) is 17.7 Å². The van der Waals surface area contributed by atoms with Gasteiger partial charge in [-0.1, -0.05) is 13.0 Å². The smallest absolute Gasteiger partial charge is 0.238 e. The van der Waals surface area contributed by atoms with Gasteiger partial charge in [0, 0.05) is 10.6 Å². The molecular formula is C14H21ClN2OS. The molecule has 19 heavy (non-hydrogen) atoms. The molecule has 0 saturated heterocycles. The van der Waals surface area contributed by atoms with Crippen molar-refractivity contribution in [2.45, 2.75) is 24.7 Å². The number of hydrogen-bond donors (Lipinski definition) is 2. The van der Waals surface area contributed by atoms with Crippen LogP contribution in [0, 0.1) is 5.92 Å². The van der Waals surface area contributed by atoms with E-state index in [-0.39, 0.29) is 18.3 Å². The summed E-state index contributed by atoms with van der Waals surface area (Å²) in [6, 6.07) is 7.99. The summed E-state index contributed by atoms with van der Waals surface area (Å²) < 4.78 is 0. The van der Waals surface area contributed by atoms with Gasteiger partial charge in [0.25, 0.3) is 0 Å². The van der Waals surface area contributed by atoms with Crippen LogP contribution in [0.2, 0.25) is 0 Å². The molecule has 3 nitrogen and oxygen atoms in total. The van der Waals surface area contributed by atoms with Crippen LogP contribution in [-0.2, 0) is 4.79 Å². The largest absolute Gasteiger partial charge is 0.325 e. The third kappa shape index (κ3) is 6.32. The fraction of sp³-hybridized carbons (Fsp3) is 0.500. The molecule has 1 aromatic rings. The second-order valence-corrected chi connectivity index (χ2v) is 5.92. The molecular weight excluding hydrogens is 280 g/mol. The van der Waals surface area contributed by atoms with Crippen molar-refractivity contribution in [3.63, 3.8) is 0 Å². The molecule has 1 aliphatic rings. The summed E-state index contributed by atoms with van der Waals surface area (Å²) in [4.78, 5) is 12.9. The van der Waals surface area contributed by atoms with Gasteiger partial charge in [0.2, 0.25) is 5.91 Å². The van der Waals surface area contributed by atoms with Crippen molar-refractivity contribution in [3.8, 4) is 0 Å². The van der Waals surface area contributed by atoms with Crippen molar-refractivity contribution >= 4 is 35.8 Å². The lowest BCUT2D eigenvalue weighted by Gasteiger charge is -2.07. The summed E-state index contributed by atoms with van der Waals surface area (Å²) in [7, 11) is 0. The first-order valence-corrected chi connectivity index (χ1v) is 7.50. The topological polar surface area (TPSA) is 41.1 Å². The normalized spacial score (nSPS) is 13.7. The monoisotopic (exact) mass is 300 g/mol. The van der Waals surface area contributed by atoms with Gasteiger partial charge in [-0.15, -0.1) is 24.2 Å². The highest BCUT2D eigenvalue weighted by atomic mass is 35.5. The molecule has 0 atom stereocenters. The second-order valence-electron chi connectivity index (χ2n) is 4.58. The van der Waals surface area contributed by atoms with Crippen molar-refractivity contribution in [2.75, 3.05) is 24.2 Å². The first kappa shape index (κ1) is 16.3. The van der Waals surface area contributed by atoms with Crippen LogP contribution in [0.1, 0.15) is 19.8 Å². The zero-order chi connectivity index (χ0) is 12.8. The van der Waals surface area contributed by atoms with Gasteiger partial charge in [0.05, 0.1) is 6.54 Å². The molecule has 106 valence electrons. The second kappa shape index (κ2) is 8.46. The van der Waals surface area contributed by atoms with Crippen molar-refractivity contribution in [1.29, 1.82) is 0 Å². The molecule has 5 heteroatoms. The van der Waals surface area contributed by atoms with E-state index in [0.29, 0.717) is 6.54 Å². The molecule has 2 N–H and O–H groups in total. The lowest BCUT2D eigenvalue weighted by atomic mass is 10.3. The number of anilines is 1. The van der Waals surface area contributed by atoms with Crippen molar-refractivity contribution < 1.29 is 4.79 Å². The zero-order valence-corrected chi connectivity index (χ0v) is 12.8. The standard InChI is InChI=1S/C14H20N2OS.ClH/c1-2-18-13-5-3-4-12(8-13)16-14(17)10-15-9-11-6-7-11;/h3-5,8,11,15H,2,6-7,9-10H2,1H3,(H,16,17);1H. The number of hydrogen-bond acceptors (Lipinski definition) is 3. The van der Waals surface area contributed by atoms with Gasteiger partial charge >= 0.3 is 0 Å². The fourth-order valence-electron chi connectivity index (χ4n) is 1.75. The van der Waals surface area contributed by atoms with E-state index >= 15 is 0 Å². The van der Waals surface area contributed by atoms with Crippen LogP contribution in [-0.4, -0.2) is 24.7 Å². The van der Waals surface area contributed by atoms with Crippen LogP contribution in [0.5, 0.6) is 0 Å². The highest BCUT2D eigenvalue weighted by molar-refractivity contribution is 7.99. The molecule has 1 aliphatic carbocycles. The Hall–Kier alpha value is -0.710. The van der Waals surface area contributed by atoms with E-state index in [1.54, 1.807) is 11.8 Å². The van der Waals surface area contributed by atoms with Gasteiger partial charge in [0.15, 0.2) is 0 Å². The fourth-order valence-corrected chi connectivity index (χ4v) is 2.47.